The van der Waals surface area contributed by atoms with Crippen LogP contribution in [-0.2, 0) is 0 Å². The lowest BCUT2D eigenvalue weighted by atomic mass is 9.76. The molecule has 0 spiro atoms. The monoisotopic (exact) mass is 256 g/mol. The Hall–Kier alpha value is -2.84. The second-order valence-electron chi connectivity index (χ2n) is 4.84. The molecule has 0 bridgehead atoms. The Balaban J connectivity index is 2.23. The Morgan fingerprint density at radius 1 is 0.950 bits per heavy atom. The minimum atomic E-state index is -1.19. The quantitative estimate of drug-likeness (QED) is 0.767. The Morgan fingerprint density at radius 2 is 1.70 bits per heavy atom. The SMILES string of the molecule is N#CC1(C#N)C(c2ccccc2)=CC2C=CC=CC=C21. The molecule has 3 rings (SSSR count). The Morgan fingerprint density at radius 3 is 2.40 bits per heavy atom. The van der Waals surface area contributed by atoms with Crippen molar-refractivity contribution in [2.45, 2.75) is 0 Å². The molecule has 0 saturated heterocycles. The van der Waals surface area contributed by atoms with E-state index in [0.29, 0.717) is 0 Å². The molecule has 1 unspecified atom stereocenters. The second kappa shape index (κ2) is 4.68. The van der Waals surface area contributed by atoms with E-state index in [1.807, 2.05) is 66.8 Å². The van der Waals surface area contributed by atoms with E-state index in [0.717, 1.165) is 16.7 Å². The highest BCUT2D eigenvalue weighted by atomic mass is 14.5. The first kappa shape index (κ1) is 12.2. The molecule has 1 aromatic carbocycles. The van der Waals surface area contributed by atoms with Gasteiger partial charge in [0, 0.05) is 5.92 Å². The Bertz CT molecular complexity index is 720. The van der Waals surface area contributed by atoms with E-state index in [4.69, 9.17) is 0 Å². The van der Waals surface area contributed by atoms with Gasteiger partial charge in [0.15, 0.2) is 5.41 Å². The lowest BCUT2D eigenvalue weighted by Gasteiger charge is -2.20. The van der Waals surface area contributed by atoms with E-state index in [2.05, 4.69) is 12.1 Å². The summed E-state index contributed by atoms with van der Waals surface area (Å²) in [6.45, 7) is 0. The second-order valence-corrected chi connectivity index (χ2v) is 4.84. The van der Waals surface area contributed by atoms with Crippen LogP contribution in [0.2, 0.25) is 0 Å². The zero-order chi connectivity index (χ0) is 14.0. The van der Waals surface area contributed by atoms with Gasteiger partial charge >= 0.3 is 0 Å². The number of benzene rings is 1. The summed E-state index contributed by atoms with van der Waals surface area (Å²) in [7, 11) is 0. The fourth-order valence-electron chi connectivity index (χ4n) is 2.81. The van der Waals surface area contributed by atoms with Crippen LogP contribution in [0.15, 0.2) is 72.4 Å². The fraction of sp³-hybridized carbons (Fsp3) is 0.111. The maximum absolute atomic E-state index is 9.68. The highest BCUT2D eigenvalue weighted by Crippen LogP contribution is 2.51. The number of nitrogens with zero attached hydrogens (tertiary/aromatic N) is 2. The van der Waals surface area contributed by atoms with Gasteiger partial charge in [0.05, 0.1) is 12.1 Å². The average Bonchev–Trinajstić information content (AvgIpc) is 2.64. The van der Waals surface area contributed by atoms with E-state index in [1.165, 1.54) is 0 Å². The zero-order valence-electron chi connectivity index (χ0n) is 10.8. The van der Waals surface area contributed by atoms with Gasteiger partial charge in [-0.25, -0.2) is 0 Å². The predicted molar refractivity (Wildman–Crippen MR) is 77.9 cm³/mol. The molecule has 2 heteroatoms. The van der Waals surface area contributed by atoms with E-state index in [9.17, 15) is 10.5 Å². The Kier molecular flexibility index (Phi) is 2.86. The molecule has 2 aliphatic rings. The van der Waals surface area contributed by atoms with Crippen molar-refractivity contribution in [3.63, 3.8) is 0 Å². The Labute approximate surface area is 118 Å². The van der Waals surface area contributed by atoms with Crippen LogP contribution >= 0.6 is 0 Å². The van der Waals surface area contributed by atoms with Crippen LogP contribution in [0.1, 0.15) is 5.56 Å². The third-order valence-corrected chi connectivity index (χ3v) is 3.78. The molecular formula is C18H12N2. The van der Waals surface area contributed by atoms with Crippen molar-refractivity contribution in [3.8, 4) is 12.1 Å². The fourth-order valence-corrected chi connectivity index (χ4v) is 2.81. The third kappa shape index (κ3) is 1.63. The van der Waals surface area contributed by atoms with Crippen molar-refractivity contribution in [1.29, 1.82) is 10.5 Å². The first-order chi connectivity index (χ1) is 9.81. The average molecular weight is 256 g/mol. The number of rotatable bonds is 1. The van der Waals surface area contributed by atoms with Crippen LogP contribution in [0.4, 0.5) is 0 Å². The highest BCUT2D eigenvalue weighted by Gasteiger charge is 2.46. The van der Waals surface area contributed by atoms with Crippen LogP contribution in [0.25, 0.3) is 5.57 Å². The molecule has 1 atom stereocenters. The maximum atomic E-state index is 9.68. The van der Waals surface area contributed by atoms with Crippen molar-refractivity contribution in [3.05, 3.63) is 77.9 Å². The molecule has 0 aromatic heterocycles. The number of fused-ring (bicyclic) bond motifs is 1. The molecule has 0 radical (unpaired) electrons. The van der Waals surface area contributed by atoms with Gasteiger partial charge < -0.3 is 0 Å². The van der Waals surface area contributed by atoms with Gasteiger partial charge in [0.2, 0.25) is 0 Å². The van der Waals surface area contributed by atoms with Gasteiger partial charge in [-0.2, -0.15) is 10.5 Å². The topological polar surface area (TPSA) is 47.6 Å². The summed E-state index contributed by atoms with van der Waals surface area (Å²) in [6.07, 6.45) is 11.7. The molecule has 0 saturated carbocycles. The molecule has 20 heavy (non-hydrogen) atoms. The van der Waals surface area contributed by atoms with Gasteiger partial charge in [-0.05, 0) is 16.7 Å². The molecular weight excluding hydrogens is 244 g/mol. The minimum absolute atomic E-state index is 0.0134. The first-order valence-electron chi connectivity index (χ1n) is 6.47. The van der Waals surface area contributed by atoms with Crippen LogP contribution in [0.3, 0.4) is 0 Å². The van der Waals surface area contributed by atoms with E-state index in [-0.39, 0.29) is 5.92 Å². The van der Waals surface area contributed by atoms with Gasteiger partial charge in [0.1, 0.15) is 0 Å². The molecule has 0 amide bonds. The van der Waals surface area contributed by atoms with Crippen LogP contribution in [-0.4, -0.2) is 0 Å². The largest absolute Gasteiger partial charge is 0.196 e. The van der Waals surface area contributed by atoms with E-state index < -0.39 is 5.41 Å². The summed E-state index contributed by atoms with van der Waals surface area (Å²) in [4.78, 5) is 0. The summed E-state index contributed by atoms with van der Waals surface area (Å²) < 4.78 is 0. The van der Waals surface area contributed by atoms with Crippen molar-refractivity contribution < 1.29 is 0 Å². The number of nitriles is 2. The third-order valence-electron chi connectivity index (χ3n) is 3.78. The van der Waals surface area contributed by atoms with Crippen LogP contribution in [0, 0.1) is 34.0 Å². The first-order valence-corrected chi connectivity index (χ1v) is 6.47. The molecule has 2 nitrogen and oxygen atoms in total. The maximum Gasteiger partial charge on any atom is 0.191 e. The van der Waals surface area contributed by atoms with Crippen molar-refractivity contribution in [2.75, 3.05) is 0 Å². The van der Waals surface area contributed by atoms with Gasteiger partial charge in [-0.3, -0.25) is 0 Å². The van der Waals surface area contributed by atoms with Crippen molar-refractivity contribution in [2.24, 2.45) is 11.3 Å². The summed E-state index contributed by atoms with van der Waals surface area (Å²) in [5.74, 6) is 0.0134. The highest BCUT2D eigenvalue weighted by molar-refractivity contribution is 5.84. The van der Waals surface area contributed by atoms with Crippen molar-refractivity contribution in [1.82, 2.24) is 0 Å². The standard InChI is InChI=1S/C18H12N2/c19-12-18(13-20)16-10-6-2-5-9-15(16)11-17(18)14-7-3-1-4-8-14/h1-11,15H. The van der Waals surface area contributed by atoms with Gasteiger partial charge in [0.25, 0.3) is 0 Å². The molecule has 2 aliphatic carbocycles. The van der Waals surface area contributed by atoms with E-state index >= 15 is 0 Å². The minimum Gasteiger partial charge on any atom is -0.196 e. The number of allylic oxidation sites excluding steroid dienone is 8. The summed E-state index contributed by atoms with van der Waals surface area (Å²) in [5.41, 5.74) is 1.37. The molecule has 0 N–H and O–H groups in total. The summed E-state index contributed by atoms with van der Waals surface area (Å²) >= 11 is 0. The molecule has 0 fully saturated rings. The van der Waals surface area contributed by atoms with Crippen LogP contribution in [0.5, 0.6) is 0 Å². The van der Waals surface area contributed by atoms with Gasteiger partial charge in [-0.1, -0.05) is 66.8 Å². The van der Waals surface area contributed by atoms with Crippen molar-refractivity contribution >= 4 is 5.57 Å². The molecule has 94 valence electrons. The number of hydrogen-bond acceptors (Lipinski definition) is 2. The molecule has 1 aromatic rings. The lowest BCUT2D eigenvalue weighted by molar-refractivity contribution is 0.775. The molecule has 0 heterocycles. The summed E-state index contributed by atoms with van der Waals surface area (Å²) in [6, 6.07) is 14.1. The van der Waals surface area contributed by atoms with Crippen LogP contribution < -0.4 is 0 Å². The summed E-state index contributed by atoms with van der Waals surface area (Å²) in [5, 5.41) is 19.4. The zero-order valence-corrected chi connectivity index (χ0v) is 10.8. The lowest BCUT2D eigenvalue weighted by Crippen LogP contribution is -2.19. The van der Waals surface area contributed by atoms with Gasteiger partial charge in [-0.15, -0.1) is 0 Å². The number of hydrogen-bond donors (Lipinski definition) is 0. The molecule has 0 aliphatic heterocycles. The predicted octanol–water partition coefficient (Wildman–Crippen LogP) is 3.79. The van der Waals surface area contributed by atoms with E-state index in [1.54, 1.807) is 0 Å². The smallest absolute Gasteiger partial charge is 0.191 e. The normalized spacial score (nSPS) is 22.0.